The highest BCUT2D eigenvalue weighted by atomic mass is 16.6. The molecule has 0 aliphatic carbocycles. The molecule has 1 aromatic heterocycles. The van der Waals surface area contributed by atoms with Crippen LogP contribution in [0.2, 0.25) is 0 Å². The lowest BCUT2D eigenvalue weighted by molar-refractivity contribution is -0.386. The lowest BCUT2D eigenvalue weighted by atomic mass is 10.2. The molecular formula is C14H11N3O4. The van der Waals surface area contributed by atoms with Gasteiger partial charge in [0.05, 0.1) is 23.2 Å². The first-order valence-corrected chi connectivity index (χ1v) is 6.08. The molecular weight excluding hydrogens is 274 g/mol. The molecule has 0 aliphatic heterocycles. The number of ether oxygens (including phenoxy) is 1. The second-order valence-electron chi connectivity index (χ2n) is 4.15. The van der Waals surface area contributed by atoms with E-state index in [9.17, 15) is 14.9 Å². The number of hydrogen-bond donors (Lipinski definition) is 0. The van der Waals surface area contributed by atoms with Crippen molar-refractivity contribution < 1.29 is 9.66 Å². The molecule has 2 aromatic rings. The molecule has 0 saturated carbocycles. The Balaban J connectivity index is 2.04. The molecule has 1 aromatic carbocycles. The molecule has 2 rings (SSSR count). The zero-order chi connectivity index (χ0) is 15.2. The van der Waals surface area contributed by atoms with Crippen LogP contribution in [0, 0.1) is 21.4 Å². The van der Waals surface area contributed by atoms with Gasteiger partial charge in [0, 0.05) is 12.3 Å². The molecule has 0 spiro atoms. The molecule has 7 heteroatoms. The number of aromatic nitrogens is 1. The van der Waals surface area contributed by atoms with E-state index in [0.29, 0.717) is 17.9 Å². The van der Waals surface area contributed by atoms with Crippen molar-refractivity contribution in [2.75, 3.05) is 6.61 Å². The molecule has 0 atom stereocenters. The van der Waals surface area contributed by atoms with E-state index in [1.807, 2.05) is 6.07 Å². The van der Waals surface area contributed by atoms with Gasteiger partial charge in [-0.25, -0.2) is 0 Å². The van der Waals surface area contributed by atoms with Crippen molar-refractivity contribution in [1.29, 1.82) is 5.26 Å². The SMILES string of the molecule is N#Cc1ccccc1OCCn1ccc(=O)c([N+](=O)[O-])c1. The molecule has 106 valence electrons. The van der Waals surface area contributed by atoms with Crippen LogP contribution in [-0.2, 0) is 6.54 Å². The van der Waals surface area contributed by atoms with Crippen molar-refractivity contribution in [3.8, 4) is 11.8 Å². The van der Waals surface area contributed by atoms with Gasteiger partial charge in [0.25, 0.3) is 5.43 Å². The first-order chi connectivity index (χ1) is 10.1. The molecule has 1 heterocycles. The minimum Gasteiger partial charge on any atom is -0.490 e. The molecule has 0 amide bonds. The third kappa shape index (κ3) is 3.45. The molecule has 0 aliphatic rings. The van der Waals surface area contributed by atoms with Crippen molar-refractivity contribution in [2.24, 2.45) is 0 Å². The Labute approximate surface area is 119 Å². The van der Waals surface area contributed by atoms with Gasteiger partial charge in [-0.3, -0.25) is 14.9 Å². The Morgan fingerprint density at radius 2 is 2.10 bits per heavy atom. The van der Waals surface area contributed by atoms with Crippen molar-refractivity contribution in [1.82, 2.24) is 4.57 Å². The molecule has 0 fully saturated rings. The fourth-order valence-electron chi connectivity index (χ4n) is 1.73. The molecule has 0 radical (unpaired) electrons. The molecule has 0 N–H and O–H groups in total. The summed E-state index contributed by atoms with van der Waals surface area (Å²) in [6.45, 7) is 0.541. The number of nitrogens with zero attached hydrogens (tertiary/aromatic N) is 3. The van der Waals surface area contributed by atoms with E-state index >= 15 is 0 Å². The quantitative estimate of drug-likeness (QED) is 0.615. The van der Waals surface area contributed by atoms with Crippen LogP contribution in [0.25, 0.3) is 0 Å². The number of benzene rings is 1. The van der Waals surface area contributed by atoms with E-state index in [1.54, 1.807) is 24.3 Å². The second-order valence-corrected chi connectivity index (χ2v) is 4.15. The maximum absolute atomic E-state index is 11.3. The highest BCUT2D eigenvalue weighted by Crippen LogP contribution is 2.16. The van der Waals surface area contributed by atoms with Crippen molar-refractivity contribution in [2.45, 2.75) is 6.54 Å². The molecule has 0 saturated heterocycles. The summed E-state index contributed by atoms with van der Waals surface area (Å²) in [6, 6.07) is 9.95. The third-order valence-electron chi connectivity index (χ3n) is 2.77. The van der Waals surface area contributed by atoms with Crippen molar-refractivity contribution in [3.63, 3.8) is 0 Å². The lowest BCUT2D eigenvalue weighted by Crippen LogP contribution is -2.14. The summed E-state index contributed by atoms with van der Waals surface area (Å²) in [5.74, 6) is 0.454. The van der Waals surface area contributed by atoms with Gasteiger partial charge in [0.15, 0.2) is 0 Å². The third-order valence-corrected chi connectivity index (χ3v) is 2.77. The standard InChI is InChI=1S/C14H11N3O4/c15-9-11-3-1-2-4-14(11)21-8-7-16-6-5-13(18)12(10-16)17(19)20/h1-6,10H,7-8H2. The Morgan fingerprint density at radius 3 is 2.81 bits per heavy atom. The van der Waals surface area contributed by atoms with Gasteiger partial charge in [-0.2, -0.15) is 5.26 Å². The van der Waals surface area contributed by atoms with Crippen LogP contribution in [0.15, 0.2) is 47.5 Å². The van der Waals surface area contributed by atoms with E-state index in [1.165, 1.54) is 17.0 Å². The number of nitro groups is 1. The number of pyridine rings is 1. The predicted molar refractivity (Wildman–Crippen MR) is 74.0 cm³/mol. The minimum atomic E-state index is -0.718. The summed E-state index contributed by atoms with van der Waals surface area (Å²) in [5.41, 5.74) is -0.690. The van der Waals surface area contributed by atoms with E-state index < -0.39 is 16.0 Å². The average molecular weight is 285 g/mol. The van der Waals surface area contributed by atoms with Crippen LogP contribution in [0.3, 0.4) is 0 Å². The van der Waals surface area contributed by atoms with E-state index in [2.05, 4.69) is 0 Å². The number of rotatable bonds is 5. The summed E-state index contributed by atoms with van der Waals surface area (Å²) >= 11 is 0. The van der Waals surface area contributed by atoms with Gasteiger partial charge >= 0.3 is 5.69 Å². The Morgan fingerprint density at radius 1 is 1.33 bits per heavy atom. The van der Waals surface area contributed by atoms with E-state index in [-0.39, 0.29) is 6.61 Å². The molecule has 0 unspecified atom stereocenters. The summed E-state index contributed by atoms with van der Waals surface area (Å²) in [7, 11) is 0. The first-order valence-electron chi connectivity index (χ1n) is 6.08. The Hall–Kier alpha value is -3.14. The topological polar surface area (TPSA) is 98.2 Å². The molecule has 0 bridgehead atoms. The van der Waals surface area contributed by atoms with Gasteiger partial charge in [0.2, 0.25) is 0 Å². The van der Waals surface area contributed by atoms with Crippen LogP contribution < -0.4 is 10.2 Å². The first kappa shape index (κ1) is 14.3. The van der Waals surface area contributed by atoms with Crippen LogP contribution in [-0.4, -0.2) is 16.1 Å². The average Bonchev–Trinajstić information content (AvgIpc) is 2.49. The van der Waals surface area contributed by atoms with Crippen molar-refractivity contribution in [3.05, 3.63) is 68.6 Å². The number of nitriles is 1. The maximum atomic E-state index is 11.3. The predicted octanol–water partition coefficient (Wildman–Crippen LogP) is 1.71. The summed E-state index contributed by atoms with van der Waals surface area (Å²) in [5, 5.41) is 19.6. The number of hydrogen-bond acceptors (Lipinski definition) is 5. The summed E-state index contributed by atoms with van der Waals surface area (Å²) in [4.78, 5) is 21.2. The Bertz CT molecular complexity index is 761. The highest BCUT2D eigenvalue weighted by Gasteiger charge is 2.11. The fraction of sp³-hybridized carbons (Fsp3) is 0.143. The zero-order valence-corrected chi connectivity index (χ0v) is 10.9. The van der Waals surface area contributed by atoms with Gasteiger partial charge in [0.1, 0.15) is 18.4 Å². The maximum Gasteiger partial charge on any atom is 0.332 e. The fourth-order valence-corrected chi connectivity index (χ4v) is 1.73. The lowest BCUT2D eigenvalue weighted by Gasteiger charge is -2.09. The van der Waals surface area contributed by atoms with E-state index in [0.717, 1.165) is 6.07 Å². The van der Waals surface area contributed by atoms with Crippen LogP contribution in [0.4, 0.5) is 5.69 Å². The Kier molecular flexibility index (Phi) is 4.31. The van der Waals surface area contributed by atoms with Gasteiger partial charge in [-0.15, -0.1) is 0 Å². The largest absolute Gasteiger partial charge is 0.490 e. The molecule has 7 nitrogen and oxygen atoms in total. The van der Waals surface area contributed by atoms with Crippen LogP contribution >= 0.6 is 0 Å². The minimum absolute atomic E-state index is 0.221. The number of para-hydroxylation sites is 1. The monoisotopic (exact) mass is 285 g/mol. The van der Waals surface area contributed by atoms with Crippen molar-refractivity contribution >= 4 is 5.69 Å². The van der Waals surface area contributed by atoms with Crippen LogP contribution in [0.5, 0.6) is 5.75 Å². The zero-order valence-electron chi connectivity index (χ0n) is 10.9. The summed E-state index contributed by atoms with van der Waals surface area (Å²) < 4.78 is 6.97. The smallest absolute Gasteiger partial charge is 0.332 e. The van der Waals surface area contributed by atoms with E-state index in [4.69, 9.17) is 10.00 Å². The molecule has 21 heavy (non-hydrogen) atoms. The highest BCUT2D eigenvalue weighted by molar-refractivity contribution is 5.42. The normalized spacial score (nSPS) is 9.86. The second kappa shape index (κ2) is 6.34. The van der Waals surface area contributed by atoms with Crippen LogP contribution in [0.1, 0.15) is 5.56 Å². The summed E-state index contributed by atoms with van der Waals surface area (Å²) in [6.07, 6.45) is 2.62. The van der Waals surface area contributed by atoms with Gasteiger partial charge in [-0.1, -0.05) is 12.1 Å². The van der Waals surface area contributed by atoms with Gasteiger partial charge < -0.3 is 9.30 Å². The van der Waals surface area contributed by atoms with Gasteiger partial charge in [-0.05, 0) is 12.1 Å².